The molecule has 2 saturated heterocycles. The van der Waals surface area contributed by atoms with Gasteiger partial charge in [0.1, 0.15) is 5.69 Å². The molecule has 2 fully saturated rings. The number of hydrogen-bond acceptors (Lipinski definition) is 5. The second-order valence-electron chi connectivity index (χ2n) is 8.28. The summed E-state index contributed by atoms with van der Waals surface area (Å²) in [5.74, 6) is 0.158. The lowest BCUT2D eigenvalue weighted by Crippen LogP contribution is -2.63. The van der Waals surface area contributed by atoms with Gasteiger partial charge in [-0.2, -0.15) is 0 Å². The third-order valence-corrected chi connectivity index (χ3v) is 6.40. The highest BCUT2D eigenvalue weighted by molar-refractivity contribution is 6.01. The molecule has 3 heterocycles. The third kappa shape index (κ3) is 4.58. The van der Waals surface area contributed by atoms with Gasteiger partial charge in [0.15, 0.2) is 0 Å². The Morgan fingerprint density at radius 3 is 2.55 bits per heavy atom. The van der Waals surface area contributed by atoms with Crippen molar-refractivity contribution in [1.29, 1.82) is 0 Å². The van der Waals surface area contributed by atoms with Gasteiger partial charge < -0.3 is 9.64 Å². The number of ether oxygens (including phenoxy) is 1. The Bertz CT molecular complexity index is 790. The maximum absolute atomic E-state index is 13.6. The highest BCUT2D eigenvalue weighted by atomic mass is 16.5. The minimum atomic E-state index is -0.489. The average Bonchev–Trinajstić information content (AvgIpc) is 2.79. The predicted molar refractivity (Wildman–Crippen MR) is 114 cm³/mol. The van der Waals surface area contributed by atoms with Gasteiger partial charge in [-0.25, -0.2) is 0 Å². The van der Waals surface area contributed by atoms with Gasteiger partial charge in [0.05, 0.1) is 11.6 Å². The van der Waals surface area contributed by atoms with Gasteiger partial charge >= 0.3 is 0 Å². The summed E-state index contributed by atoms with van der Waals surface area (Å²) >= 11 is 0. The molecule has 0 N–H and O–H groups in total. The molecule has 0 bridgehead atoms. The third-order valence-electron chi connectivity index (χ3n) is 6.40. The first-order chi connectivity index (χ1) is 14.2. The Kier molecular flexibility index (Phi) is 6.38. The molecular weight excluding hydrogens is 362 g/mol. The standard InChI is InChI=1S/C24H31N3O2/c1-20-19-24(11-18-29-20,23(28)22-9-5-6-12-25-22)27-16-14-26(15-17-27)13-10-21-7-3-2-4-8-21/h2-9,12,20H,10-11,13-19H2,1H3/t20-,24+/m1/s1. The number of carbonyl (C=O) groups is 1. The number of piperazine rings is 1. The van der Waals surface area contributed by atoms with Crippen molar-refractivity contribution in [3.8, 4) is 0 Å². The van der Waals surface area contributed by atoms with E-state index in [1.807, 2.05) is 18.2 Å². The van der Waals surface area contributed by atoms with E-state index < -0.39 is 5.54 Å². The second-order valence-corrected chi connectivity index (χ2v) is 8.28. The van der Waals surface area contributed by atoms with Crippen LogP contribution in [0.15, 0.2) is 54.7 Å². The van der Waals surface area contributed by atoms with E-state index in [1.165, 1.54) is 5.56 Å². The SMILES string of the molecule is C[C@@H]1C[C@@](C(=O)c2ccccn2)(N2CCN(CCc3ccccc3)CC2)CCO1. The summed E-state index contributed by atoms with van der Waals surface area (Å²) < 4.78 is 5.81. The van der Waals surface area contributed by atoms with Crippen LogP contribution < -0.4 is 0 Å². The van der Waals surface area contributed by atoms with Crippen molar-refractivity contribution in [2.75, 3.05) is 39.3 Å². The maximum Gasteiger partial charge on any atom is 0.201 e. The topological polar surface area (TPSA) is 45.7 Å². The van der Waals surface area contributed by atoms with Crippen LogP contribution in [0.4, 0.5) is 0 Å². The lowest BCUT2D eigenvalue weighted by atomic mass is 9.79. The highest BCUT2D eigenvalue weighted by Crippen LogP contribution is 2.35. The van der Waals surface area contributed by atoms with E-state index in [0.717, 1.165) is 52.0 Å². The van der Waals surface area contributed by atoms with E-state index in [2.05, 4.69) is 52.0 Å². The van der Waals surface area contributed by atoms with Gasteiger partial charge in [-0.05, 0) is 43.9 Å². The molecule has 154 valence electrons. The van der Waals surface area contributed by atoms with Crippen LogP contribution in [0.25, 0.3) is 0 Å². The monoisotopic (exact) mass is 393 g/mol. The number of benzene rings is 1. The maximum atomic E-state index is 13.6. The number of rotatable bonds is 6. The van der Waals surface area contributed by atoms with E-state index in [-0.39, 0.29) is 11.9 Å². The smallest absolute Gasteiger partial charge is 0.201 e. The van der Waals surface area contributed by atoms with Crippen molar-refractivity contribution in [2.45, 2.75) is 37.8 Å². The normalized spacial score (nSPS) is 26.3. The Morgan fingerprint density at radius 2 is 1.86 bits per heavy atom. The van der Waals surface area contributed by atoms with Crippen molar-refractivity contribution in [3.63, 3.8) is 0 Å². The quantitative estimate of drug-likeness (QED) is 0.706. The first-order valence-corrected chi connectivity index (χ1v) is 10.8. The molecule has 0 aliphatic carbocycles. The van der Waals surface area contributed by atoms with Gasteiger partial charge in [-0.3, -0.25) is 14.7 Å². The molecule has 2 aromatic rings. The largest absolute Gasteiger partial charge is 0.378 e. The van der Waals surface area contributed by atoms with E-state index in [1.54, 1.807) is 6.20 Å². The zero-order chi connectivity index (χ0) is 20.1. The molecule has 2 aliphatic heterocycles. The molecule has 4 rings (SSSR count). The number of hydrogen-bond donors (Lipinski definition) is 0. The van der Waals surface area contributed by atoms with Crippen molar-refractivity contribution >= 4 is 5.78 Å². The van der Waals surface area contributed by atoms with Crippen LogP contribution in [0.5, 0.6) is 0 Å². The van der Waals surface area contributed by atoms with Crippen molar-refractivity contribution in [3.05, 3.63) is 66.0 Å². The molecule has 1 aromatic heterocycles. The fourth-order valence-electron chi connectivity index (χ4n) is 4.77. The Labute approximate surface area is 173 Å². The van der Waals surface area contributed by atoms with Crippen LogP contribution in [0.2, 0.25) is 0 Å². The first-order valence-electron chi connectivity index (χ1n) is 10.8. The molecule has 0 unspecified atom stereocenters. The van der Waals surface area contributed by atoms with Gasteiger partial charge in [0.2, 0.25) is 5.78 Å². The van der Waals surface area contributed by atoms with Crippen molar-refractivity contribution < 1.29 is 9.53 Å². The predicted octanol–water partition coefficient (Wildman–Crippen LogP) is 3.06. The average molecular weight is 394 g/mol. The molecule has 2 aliphatic rings. The Morgan fingerprint density at radius 1 is 1.10 bits per heavy atom. The lowest BCUT2D eigenvalue weighted by Gasteiger charge is -2.49. The summed E-state index contributed by atoms with van der Waals surface area (Å²) in [4.78, 5) is 22.9. The van der Waals surface area contributed by atoms with Gasteiger partial charge in [-0.15, -0.1) is 0 Å². The minimum Gasteiger partial charge on any atom is -0.378 e. The number of carbonyl (C=O) groups excluding carboxylic acids is 1. The summed E-state index contributed by atoms with van der Waals surface area (Å²) in [5.41, 5.74) is 1.47. The van der Waals surface area contributed by atoms with E-state index in [4.69, 9.17) is 4.74 Å². The molecule has 2 atom stereocenters. The van der Waals surface area contributed by atoms with Crippen LogP contribution >= 0.6 is 0 Å². The highest BCUT2D eigenvalue weighted by Gasteiger charge is 2.48. The fourth-order valence-corrected chi connectivity index (χ4v) is 4.77. The summed E-state index contributed by atoms with van der Waals surface area (Å²) in [6.07, 6.45) is 4.37. The van der Waals surface area contributed by atoms with E-state index >= 15 is 0 Å². The number of pyridine rings is 1. The lowest BCUT2D eigenvalue weighted by molar-refractivity contribution is -0.0641. The fraction of sp³-hybridized carbons (Fsp3) is 0.500. The number of nitrogens with zero attached hydrogens (tertiary/aromatic N) is 3. The molecule has 0 spiro atoms. The summed E-state index contributed by atoms with van der Waals surface area (Å²) in [6.45, 7) is 7.61. The molecule has 29 heavy (non-hydrogen) atoms. The number of Topliss-reactive ketones (excluding diaryl/α,β-unsaturated/α-hetero) is 1. The molecule has 0 saturated carbocycles. The van der Waals surface area contributed by atoms with Crippen LogP contribution in [-0.4, -0.2) is 71.5 Å². The first kappa shape index (κ1) is 20.2. The van der Waals surface area contributed by atoms with Crippen molar-refractivity contribution in [1.82, 2.24) is 14.8 Å². The molecule has 1 aromatic carbocycles. The van der Waals surface area contributed by atoms with E-state index in [9.17, 15) is 4.79 Å². The minimum absolute atomic E-state index is 0.0903. The summed E-state index contributed by atoms with van der Waals surface area (Å²) in [6, 6.07) is 16.3. The molecule has 0 radical (unpaired) electrons. The second kappa shape index (κ2) is 9.16. The molecule has 5 heteroatoms. The van der Waals surface area contributed by atoms with Gasteiger partial charge in [0.25, 0.3) is 0 Å². The summed E-state index contributed by atoms with van der Waals surface area (Å²) in [5, 5.41) is 0. The van der Waals surface area contributed by atoms with Crippen LogP contribution in [0.1, 0.15) is 35.8 Å². The molecular formula is C24H31N3O2. The van der Waals surface area contributed by atoms with E-state index in [0.29, 0.717) is 12.3 Å². The Hall–Kier alpha value is -2.08. The number of aromatic nitrogens is 1. The summed E-state index contributed by atoms with van der Waals surface area (Å²) in [7, 11) is 0. The van der Waals surface area contributed by atoms with Gasteiger partial charge in [-0.1, -0.05) is 36.4 Å². The number of ketones is 1. The van der Waals surface area contributed by atoms with Gasteiger partial charge in [0, 0.05) is 45.5 Å². The zero-order valence-electron chi connectivity index (χ0n) is 17.3. The molecule has 5 nitrogen and oxygen atoms in total. The zero-order valence-corrected chi connectivity index (χ0v) is 17.3. The Balaban J connectivity index is 1.43. The van der Waals surface area contributed by atoms with Crippen molar-refractivity contribution in [2.24, 2.45) is 0 Å². The molecule has 0 amide bonds. The van der Waals surface area contributed by atoms with Crippen LogP contribution in [0, 0.1) is 0 Å². The van der Waals surface area contributed by atoms with Crippen LogP contribution in [-0.2, 0) is 11.2 Å². The van der Waals surface area contributed by atoms with Crippen LogP contribution in [0.3, 0.4) is 0 Å².